The van der Waals surface area contributed by atoms with Gasteiger partial charge in [-0.05, 0) is 11.5 Å². The second-order valence-electron chi connectivity index (χ2n) is 8.29. The number of rotatable bonds is 14. The summed E-state index contributed by atoms with van der Waals surface area (Å²) in [6.07, 6.45) is -7.91. The number of Topliss-reactive ketones (excluding diaryl/α,β-unsaturated/α-hetero) is 1. The molecule has 0 saturated heterocycles. The molecule has 4 nitrogen and oxygen atoms in total. The Balaban J connectivity index is 7.04. The van der Waals surface area contributed by atoms with Crippen LogP contribution in [0.4, 0.5) is 74.6 Å². The van der Waals surface area contributed by atoms with Gasteiger partial charge < -0.3 is 0 Å². The fourth-order valence-corrected chi connectivity index (χ4v) is 7.43. The van der Waals surface area contributed by atoms with Crippen LogP contribution < -0.4 is 0 Å². The van der Waals surface area contributed by atoms with Crippen LogP contribution >= 0.6 is 10.3 Å². The minimum absolute atomic E-state index is 0.786. The van der Waals surface area contributed by atoms with Crippen LogP contribution in [0.2, 0.25) is 0 Å². The van der Waals surface area contributed by atoms with Crippen molar-refractivity contribution in [3.8, 4) is 0 Å². The summed E-state index contributed by atoms with van der Waals surface area (Å²) in [6.45, 7) is 4.14. The first-order chi connectivity index (χ1) is 17.2. The fraction of sp³-hybridized carbons (Fsp3) is 0.941. The smallest absolute Gasteiger partial charge is 0.298 e. The van der Waals surface area contributed by atoms with E-state index in [9.17, 15) is 87.8 Å². The van der Waals surface area contributed by atoms with Crippen LogP contribution in [0.1, 0.15) is 27.7 Å². The van der Waals surface area contributed by atoms with Gasteiger partial charge in [0.25, 0.3) is 0 Å². The highest BCUT2D eigenvalue weighted by atomic mass is 32.3. The lowest BCUT2D eigenvalue weighted by molar-refractivity contribution is -0.458. The second kappa shape index (κ2) is 10.8. The first kappa shape index (κ1) is 38.7. The van der Waals surface area contributed by atoms with E-state index >= 15 is 0 Å². The Morgan fingerprint density at radius 2 is 0.900 bits per heavy atom. The van der Waals surface area contributed by atoms with Crippen molar-refractivity contribution in [1.29, 1.82) is 0 Å². The number of carbonyl (C=O) groups is 1. The van der Waals surface area contributed by atoms with E-state index in [1.54, 1.807) is 0 Å². The second-order valence-corrected chi connectivity index (χ2v) is 13.6. The first-order valence-electron chi connectivity index (χ1n) is 10.1. The Morgan fingerprint density at radius 1 is 0.600 bits per heavy atom. The van der Waals surface area contributed by atoms with Crippen molar-refractivity contribution in [1.82, 2.24) is 0 Å². The minimum atomic E-state index is -8.92. The van der Waals surface area contributed by atoms with E-state index < -0.39 is 96.4 Å². The molecule has 0 unspecified atom stereocenters. The van der Waals surface area contributed by atoms with Crippen LogP contribution in [0.15, 0.2) is 0 Å². The third kappa shape index (κ3) is 5.58. The molecule has 0 aliphatic rings. The largest absolute Gasteiger partial charge is 0.460 e. The molecule has 0 spiro atoms. The summed E-state index contributed by atoms with van der Waals surface area (Å²) < 4.78 is 256. The molecule has 40 heavy (non-hydrogen) atoms. The van der Waals surface area contributed by atoms with Crippen molar-refractivity contribution in [2.24, 2.45) is 5.92 Å². The maximum Gasteiger partial charge on any atom is 0.460 e. The monoisotopic (exact) mass is 674 g/mol. The third-order valence-electron chi connectivity index (χ3n) is 5.34. The quantitative estimate of drug-likeness (QED) is 0.182. The Morgan fingerprint density at radius 3 is 1.18 bits per heavy atom. The van der Waals surface area contributed by atoms with Gasteiger partial charge in [0.15, 0.2) is 0 Å². The highest BCUT2D eigenvalue weighted by molar-refractivity contribution is 8.33. The van der Waals surface area contributed by atoms with Crippen molar-refractivity contribution in [3.05, 3.63) is 0 Å². The minimum Gasteiger partial charge on any atom is -0.298 e. The lowest BCUT2D eigenvalue weighted by Gasteiger charge is -2.43. The number of hydrogen-bond donors (Lipinski definition) is 0. The van der Waals surface area contributed by atoms with Gasteiger partial charge in [-0.25, -0.2) is 3.63 Å². The molecule has 0 aromatic rings. The van der Waals surface area contributed by atoms with Crippen LogP contribution in [0.3, 0.4) is 0 Å². The van der Waals surface area contributed by atoms with Gasteiger partial charge in [0.05, 0.1) is 5.75 Å². The van der Waals surface area contributed by atoms with Gasteiger partial charge in [-0.2, -0.15) is 83.1 Å². The van der Waals surface area contributed by atoms with E-state index in [1.807, 2.05) is 0 Å². The van der Waals surface area contributed by atoms with Crippen molar-refractivity contribution < 1.29 is 91.5 Å². The predicted octanol–water partition coefficient (Wildman–Crippen LogP) is 7.28. The third-order valence-corrected chi connectivity index (χ3v) is 11.0. The molecule has 23 heteroatoms. The summed E-state index contributed by atoms with van der Waals surface area (Å²) in [5, 5.41) is -7.77. The van der Waals surface area contributed by atoms with Gasteiger partial charge in [0, 0.05) is 5.92 Å². The molecule has 0 saturated carbocycles. The molecule has 0 atom stereocenters. The topological polar surface area (TPSA) is 60.4 Å². The lowest BCUT2D eigenvalue weighted by Crippen LogP contribution is -2.75. The fourth-order valence-electron chi connectivity index (χ4n) is 2.49. The highest BCUT2D eigenvalue weighted by Crippen LogP contribution is 2.65. The Kier molecular flexibility index (Phi) is 10.4. The molecule has 0 aliphatic carbocycles. The number of alkyl halides is 17. The van der Waals surface area contributed by atoms with Crippen molar-refractivity contribution in [3.63, 3.8) is 0 Å². The average Bonchev–Trinajstić information content (AvgIpc) is 2.76. The zero-order valence-corrected chi connectivity index (χ0v) is 21.7. The molecular weight excluding hydrogens is 655 g/mol. The number of halogens is 17. The van der Waals surface area contributed by atoms with Crippen LogP contribution in [-0.4, -0.2) is 78.4 Å². The van der Waals surface area contributed by atoms with E-state index in [0.29, 0.717) is 0 Å². The molecule has 0 N–H and O–H groups in total. The normalized spacial score (nSPS) is 16.4. The van der Waals surface area contributed by atoms with Gasteiger partial charge in [-0.1, -0.05) is 27.7 Å². The molecule has 0 radical (unpaired) electrons. The van der Waals surface area contributed by atoms with Crippen molar-refractivity contribution in [2.75, 3.05) is 17.3 Å². The summed E-state index contributed by atoms with van der Waals surface area (Å²) >= 11 is 0. The molecule has 0 amide bonds. The summed E-state index contributed by atoms with van der Waals surface area (Å²) in [5.41, 5.74) is 0. The predicted molar refractivity (Wildman–Crippen MR) is 104 cm³/mol. The Hall–Kier alpha value is -1.26. The van der Waals surface area contributed by atoms with Crippen LogP contribution in [0.5, 0.6) is 0 Å². The van der Waals surface area contributed by atoms with Gasteiger partial charge in [-0.15, -0.1) is 10.3 Å². The lowest BCUT2D eigenvalue weighted by atomic mass is 9.91. The zero-order valence-electron chi connectivity index (χ0n) is 20.1. The molecule has 242 valence electrons. The number of ketones is 1. The van der Waals surface area contributed by atoms with Crippen LogP contribution in [0, 0.1) is 5.92 Å². The Labute approximate surface area is 216 Å². The average molecular weight is 674 g/mol. The summed E-state index contributed by atoms with van der Waals surface area (Å²) in [4.78, 5) is 12.0. The van der Waals surface area contributed by atoms with Gasteiger partial charge in [0.2, 0.25) is 0 Å². The molecule has 0 aromatic heterocycles. The van der Waals surface area contributed by atoms with Crippen molar-refractivity contribution in [2.45, 2.75) is 74.7 Å². The van der Waals surface area contributed by atoms with E-state index in [-0.39, 0.29) is 0 Å². The summed E-state index contributed by atoms with van der Waals surface area (Å²) in [6, 6.07) is 0. The maximum atomic E-state index is 14.3. The zero-order chi connectivity index (χ0) is 33.0. The molecule has 0 bridgehead atoms. The Bertz CT molecular complexity index is 1030. The van der Waals surface area contributed by atoms with Crippen molar-refractivity contribution >= 4 is 26.2 Å². The molecule has 0 aromatic carbocycles. The van der Waals surface area contributed by atoms with Gasteiger partial charge >= 0.3 is 57.1 Å². The summed E-state index contributed by atoms with van der Waals surface area (Å²) in [5.74, 6) is -56.8. The van der Waals surface area contributed by atoms with E-state index in [2.05, 4.69) is 3.63 Å². The van der Waals surface area contributed by atoms with E-state index in [1.165, 1.54) is 0 Å². The van der Waals surface area contributed by atoms with E-state index in [4.69, 9.17) is 0 Å². The highest BCUT2D eigenvalue weighted by Gasteiger charge is 2.96. The summed E-state index contributed by atoms with van der Waals surface area (Å²) in [7, 11) is -11.6. The molecule has 0 fully saturated rings. The standard InChI is InChI=1S/C17H19F17O4S2/c1-5-39(6-2,7-9(35)8(3)4)38-40(36,37)17(33,34)15(28,29)13(24,25)11(20,21)10(18,19)12(22,23)14(26,27)16(30,31)32/h8H,5-7H2,1-4H3. The number of hydrogen-bond acceptors (Lipinski definition) is 4. The molecular formula is C17H19F17O4S2. The molecule has 0 aliphatic heterocycles. The molecule has 0 rings (SSSR count). The number of carbonyl (C=O) groups excluding carboxylic acids is 1. The maximum absolute atomic E-state index is 14.3. The van der Waals surface area contributed by atoms with E-state index in [0.717, 1.165) is 27.7 Å². The first-order valence-corrected chi connectivity index (χ1v) is 13.6. The molecule has 0 heterocycles. The van der Waals surface area contributed by atoms with Gasteiger partial charge in [0.1, 0.15) is 5.78 Å². The van der Waals surface area contributed by atoms with Crippen LogP contribution in [-0.2, 0) is 18.5 Å². The SMILES string of the molecule is CCS(CC)(CC(=O)C(C)C)OS(=O)(=O)C(F)(F)C(F)(F)C(F)(F)C(F)(F)C(F)(F)C(F)(F)C(F)(F)C(F)(F)F. The van der Waals surface area contributed by atoms with Gasteiger partial charge in [-0.3, -0.25) is 4.79 Å². The van der Waals surface area contributed by atoms with Crippen LogP contribution in [0.25, 0.3) is 0 Å².